The summed E-state index contributed by atoms with van der Waals surface area (Å²) in [6.45, 7) is 4.24. The normalized spacial score (nSPS) is 16.1. The van der Waals surface area contributed by atoms with Crippen molar-refractivity contribution < 1.29 is 14.3 Å². The summed E-state index contributed by atoms with van der Waals surface area (Å²) in [6.07, 6.45) is 4.54. The van der Waals surface area contributed by atoms with E-state index in [9.17, 15) is 4.79 Å². The Kier molecular flexibility index (Phi) is 4.74. The number of hydrogen-bond donors (Lipinski definition) is 0. The number of aliphatic imine (C=N–C) groups is 1. The van der Waals surface area contributed by atoms with Gasteiger partial charge in [-0.3, -0.25) is 0 Å². The number of carbonyl (C=O) groups excluding carboxylic acids is 1. The lowest BCUT2D eigenvalue weighted by atomic mass is 9.69. The summed E-state index contributed by atoms with van der Waals surface area (Å²) < 4.78 is 11.8. The third-order valence-corrected chi connectivity index (χ3v) is 4.96. The van der Waals surface area contributed by atoms with E-state index in [2.05, 4.69) is 34.8 Å². The number of hydrogen-bond acceptors (Lipinski definition) is 4. The Balaban J connectivity index is 2.75. The molecule has 1 fully saturated rings. The van der Waals surface area contributed by atoms with Crippen molar-refractivity contribution in [2.24, 2.45) is 4.99 Å². The number of benzene rings is 1. The highest BCUT2D eigenvalue weighted by Gasteiger charge is 2.42. The second-order valence-corrected chi connectivity index (χ2v) is 6.42. The van der Waals surface area contributed by atoms with Gasteiger partial charge in [0.15, 0.2) is 11.5 Å². The molecule has 21 heavy (non-hydrogen) atoms. The van der Waals surface area contributed by atoms with Gasteiger partial charge in [0, 0.05) is 0 Å². The summed E-state index contributed by atoms with van der Waals surface area (Å²) >= 11 is 3.64. The number of nitrogens with zero attached hydrogens (tertiary/aromatic N) is 1. The summed E-state index contributed by atoms with van der Waals surface area (Å²) in [4.78, 5) is 15.0. The highest BCUT2D eigenvalue weighted by molar-refractivity contribution is 9.10. The quantitative estimate of drug-likeness (QED) is 0.585. The Morgan fingerprint density at radius 2 is 2.00 bits per heavy atom. The summed E-state index contributed by atoms with van der Waals surface area (Å²) in [5.41, 5.74) is 1.70. The van der Waals surface area contributed by atoms with Gasteiger partial charge in [0.05, 0.1) is 24.2 Å². The maximum absolute atomic E-state index is 10.9. The highest BCUT2D eigenvalue weighted by atomic mass is 79.9. The zero-order valence-corrected chi connectivity index (χ0v) is 14.4. The first-order chi connectivity index (χ1) is 10.0. The molecular weight excluding hydrogens is 334 g/mol. The lowest BCUT2D eigenvalue weighted by Crippen LogP contribution is -2.33. The van der Waals surface area contributed by atoms with Crippen LogP contribution in [0.2, 0.25) is 0 Å². The summed E-state index contributed by atoms with van der Waals surface area (Å²) in [5.74, 6) is 1.60. The molecule has 0 aliphatic heterocycles. The number of ether oxygens (including phenoxy) is 2. The van der Waals surface area contributed by atoms with E-state index in [1.807, 2.05) is 6.07 Å². The molecule has 0 unspecified atom stereocenters. The van der Waals surface area contributed by atoms with E-state index in [4.69, 9.17) is 9.47 Å². The summed E-state index contributed by atoms with van der Waals surface area (Å²) in [6, 6.07) is 1.96. The van der Waals surface area contributed by atoms with Crippen LogP contribution in [0.3, 0.4) is 0 Å². The van der Waals surface area contributed by atoms with Gasteiger partial charge in [-0.05, 0) is 58.3 Å². The van der Waals surface area contributed by atoms with Crippen molar-refractivity contribution in [3.63, 3.8) is 0 Å². The Labute approximate surface area is 133 Å². The standard InChI is InChI=1S/C16H20BrNO3/c1-10(2)13-11(16(18-9-19)6-5-7-16)8-12(20-3)15(21-4)14(13)17/h8,10H,5-7H2,1-4H3. The van der Waals surface area contributed by atoms with Crippen LogP contribution in [-0.2, 0) is 10.3 Å². The van der Waals surface area contributed by atoms with Crippen molar-refractivity contribution >= 4 is 22.0 Å². The summed E-state index contributed by atoms with van der Waals surface area (Å²) in [5, 5.41) is 0. The second kappa shape index (κ2) is 6.20. The zero-order valence-electron chi connectivity index (χ0n) is 12.8. The van der Waals surface area contributed by atoms with Crippen molar-refractivity contribution in [1.29, 1.82) is 0 Å². The van der Waals surface area contributed by atoms with Gasteiger partial charge in [0.2, 0.25) is 6.08 Å². The minimum absolute atomic E-state index is 0.272. The molecule has 1 aliphatic rings. The van der Waals surface area contributed by atoms with Crippen LogP contribution in [0.5, 0.6) is 11.5 Å². The Morgan fingerprint density at radius 3 is 2.38 bits per heavy atom. The molecule has 1 aliphatic carbocycles. The van der Waals surface area contributed by atoms with Crippen LogP contribution in [-0.4, -0.2) is 20.3 Å². The van der Waals surface area contributed by atoms with Crippen LogP contribution in [0.15, 0.2) is 15.5 Å². The van der Waals surface area contributed by atoms with E-state index in [1.54, 1.807) is 20.3 Å². The molecule has 0 atom stereocenters. The first kappa shape index (κ1) is 16.1. The molecular formula is C16H20BrNO3. The van der Waals surface area contributed by atoms with Crippen molar-refractivity contribution in [3.8, 4) is 11.5 Å². The second-order valence-electron chi connectivity index (χ2n) is 5.63. The number of rotatable bonds is 5. The van der Waals surface area contributed by atoms with Crippen molar-refractivity contribution in [2.75, 3.05) is 14.2 Å². The Bertz CT molecular complexity index is 588. The minimum atomic E-state index is -0.455. The highest BCUT2D eigenvalue weighted by Crippen LogP contribution is 2.52. The predicted octanol–water partition coefficient (Wildman–Crippen LogP) is 4.30. The van der Waals surface area contributed by atoms with Crippen molar-refractivity contribution in [3.05, 3.63) is 21.7 Å². The van der Waals surface area contributed by atoms with E-state index >= 15 is 0 Å². The van der Waals surface area contributed by atoms with Crippen molar-refractivity contribution in [1.82, 2.24) is 0 Å². The van der Waals surface area contributed by atoms with Crippen molar-refractivity contribution in [2.45, 2.75) is 44.6 Å². The SMILES string of the molecule is COc1cc(C2(N=C=O)CCC2)c(C(C)C)c(Br)c1OC. The van der Waals surface area contributed by atoms with E-state index in [1.165, 1.54) is 0 Å². The van der Waals surface area contributed by atoms with E-state index < -0.39 is 5.54 Å². The molecule has 0 aromatic heterocycles. The maximum Gasteiger partial charge on any atom is 0.235 e. The fourth-order valence-electron chi connectivity index (χ4n) is 2.95. The van der Waals surface area contributed by atoms with Gasteiger partial charge < -0.3 is 9.47 Å². The number of halogens is 1. The molecule has 1 saturated carbocycles. The molecule has 1 aromatic carbocycles. The molecule has 4 nitrogen and oxygen atoms in total. The third-order valence-electron chi connectivity index (χ3n) is 4.17. The molecule has 0 amide bonds. The fourth-order valence-corrected chi connectivity index (χ4v) is 3.98. The molecule has 0 saturated heterocycles. The monoisotopic (exact) mass is 353 g/mol. The molecule has 1 aromatic rings. The largest absolute Gasteiger partial charge is 0.493 e. The van der Waals surface area contributed by atoms with Gasteiger partial charge >= 0.3 is 0 Å². The Morgan fingerprint density at radius 1 is 1.33 bits per heavy atom. The minimum Gasteiger partial charge on any atom is -0.493 e. The lowest BCUT2D eigenvalue weighted by molar-refractivity contribution is 0.251. The molecule has 5 heteroatoms. The molecule has 0 N–H and O–H groups in total. The van der Waals surface area contributed by atoms with Crippen LogP contribution in [0, 0.1) is 0 Å². The Hall–Kier alpha value is -1.32. The average Bonchev–Trinajstić information content (AvgIpc) is 2.41. The maximum atomic E-state index is 10.9. The van der Waals surface area contributed by atoms with Gasteiger partial charge in [-0.25, -0.2) is 4.79 Å². The predicted molar refractivity (Wildman–Crippen MR) is 85.0 cm³/mol. The molecule has 0 radical (unpaired) electrons. The molecule has 0 spiro atoms. The van der Waals surface area contributed by atoms with Crippen LogP contribution in [0.1, 0.15) is 50.2 Å². The van der Waals surface area contributed by atoms with E-state index in [-0.39, 0.29) is 5.92 Å². The number of isocyanates is 1. The van der Waals surface area contributed by atoms with Crippen LogP contribution >= 0.6 is 15.9 Å². The topological polar surface area (TPSA) is 47.9 Å². The number of methoxy groups -OCH3 is 2. The summed E-state index contributed by atoms with van der Waals surface area (Å²) in [7, 11) is 3.23. The first-order valence-electron chi connectivity index (χ1n) is 7.04. The molecule has 0 bridgehead atoms. The molecule has 0 heterocycles. The van der Waals surface area contributed by atoms with E-state index in [0.717, 1.165) is 34.9 Å². The zero-order chi connectivity index (χ0) is 15.6. The lowest BCUT2D eigenvalue weighted by Gasteiger charge is -2.39. The fraction of sp³-hybridized carbons (Fsp3) is 0.562. The van der Waals surface area contributed by atoms with Gasteiger partial charge in [-0.2, -0.15) is 4.99 Å². The first-order valence-corrected chi connectivity index (χ1v) is 7.84. The van der Waals surface area contributed by atoms with Crippen LogP contribution < -0.4 is 9.47 Å². The third kappa shape index (κ3) is 2.60. The van der Waals surface area contributed by atoms with Gasteiger partial charge in [-0.1, -0.05) is 13.8 Å². The van der Waals surface area contributed by atoms with Gasteiger partial charge in [0.25, 0.3) is 0 Å². The smallest absolute Gasteiger partial charge is 0.235 e. The van der Waals surface area contributed by atoms with Crippen LogP contribution in [0.4, 0.5) is 0 Å². The van der Waals surface area contributed by atoms with Crippen LogP contribution in [0.25, 0.3) is 0 Å². The van der Waals surface area contributed by atoms with Gasteiger partial charge in [0.1, 0.15) is 0 Å². The molecule has 2 rings (SSSR count). The molecule has 114 valence electrons. The van der Waals surface area contributed by atoms with E-state index in [0.29, 0.717) is 11.5 Å². The van der Waals surface area contributed by atoms with Gasteiger partial charge in [-0.15, -0.1) is 0 Å². The average molecular weight is 354 g/mol.